The van der Waals surface area contributed by atoms with Crippen molar-refractivity contribution in [2.24, 2.45) is 5.73 Å². The Morgan fingerprint density at radius 1 is 1.09 bits per heavy atom. The Balaban J connectivity index is 0.00000225. The molecule has 1 fully saturated rings. The molecule has 1 aromatic carbocycles. The number of esters is 1. The van der Waals surface area contributed by atoms with Crippen LogP contribution in [0, 0.1) is 6.92 Å². The lowest BCUT2D eigenvalue weighted by molar-refractivity contribution is -0.140. The number of anilines is 2. The summed E-state index contributed by atoms with van der Waals surface area (Å²) in [4.78, 5) is 65.3. The van der Waals surface area contributed by atoms with Gasteiger partial charge < -0.3 is 39.0 Å². The Morgan fingerprint density at radius 2 is 1.86 bits per heavy atom. The molecule has 4 heterocycles. The number of primary amides is 1. The van der Waals surface area contributed by atoms with E-state index in [1.54, 1.807) is 43.9 Å². The van der Waals surface area contributed by atoms with Crippen molar-refractivity contribution in [3.63, 3.8) is 0 Å². The summed E-state index contributed by atoms with van der Waals surface area (Å²) < 4.78 is 28.1. The number of pyridine rings is 1. The highest BCUT2D eigenvalue weighted by molar-refractivity contribution is 7.99. The van der Waals surface area contributed by atoms with Gasteiger partial charge in [0.2, 0.25) is 17.6 Å². The number of oxazole rings is 1. The van der Waals surface area contributed by atoms with Crippen LogP contribution < -0.4 is 21.1 Å². The molecular formula is C38H50N8O9S. The smallest absolute Gasteiger partial charge is 0.306 e. The number of methoxy groups -OCH3 is 2. The number of aryl methyl sites for hydroxylation is 2. The maximum atomic E-state index is 13.5. The first-order chi connectivity index (χ1) is 27.1. The molecule has 2 amide bonds. The third-order valence-electron chi connectivity index (χ3n) is 8.29. The van der Waals surface area contributed by atoms with Crippen LogP contribution in [0.25, 0.3) is 11.0 Å². The van der Waals surface area contributed by atoms with Crippen molar-refractivity contribution in [2.45, 2.75) is 44.6 Å². The molecule has 0 atom stereocenters. The maximum Gasteiger partial charge on any atom is 0.306 e. The summed E-state index contributed by atoms with van der Waals surface area (Å²) in [6.07, 6.45) is 7.39. The number of allylic oxidation sites excluding steroid dienone is 1. The second-order valence-electron chi connectivity index (χ2n) is 12.4. The highest BCUT2D eigenvalue weighted by atomic mass is 32.2. The van der Waals surface area contributed by atoms with Gasteiger partial charge in [-0.1, -0.05) is 19.1 Å². The summed E-state index contributed by atoms with van der Waals surface area (Å²) in [6, 6.07) is 4.88. The minimum Gasteiger partial charge on any atom is -0.491 e. The van der Waals surface area contributed by atoms with E-state index in [4.69, 9.17) is 29.3 Å². The summed E-state index contributed by atoms with van der Waals surface area (Å²) in [5, 5.41) is 6.13. The number of nitrogens with two attached hydrogens (primary N) is 1. The van der Waals surface area contributed by atoms with E-state index in [1.807, 2.05) is 19.1 Å². The first-order valence-corrected chi connectivity index (χ1v) is 19.1. The number of rotatable bonds is 19. The molecule has 1 aliphatic rings. The first-order valence-electron chi connectivity index (χ1n) is 18.1. The van der Waals surface area contributed by atoms with E-state index in [1.165, 1.54) is 25.1 Å². The molecule has 0 saturated carbocycles. The second-order valence-corrected chi connectivity index (χ2v) is 13.5. The van der Waals surface area contributed by atoms with E-state index in [2.05, 4.69) is 30.2 Å². The zero-order valence-electron chi connectivity index (χ0n) is 32.4. The van der Waals surface area contributed by atoms with Crippen LogP contribution in [0.2, 0.25) is 0 Å². The zero-order valence-corrected chi connectivity index (χ0v) is 33.2. The average Bonchev–Trinajstić information content (AvgIpc) is 3.76. The number of carbonyl (C=O) groups excluding carboxylic acids is 4. The van der Waals surface area contributed by atoms with Gasteiger partial charge in [0.05, 0.1) is 49.5 Å². The fraction of sp³-hybridized carbons (Fsp3) is 0.447. The van der Waals surface area contributed by atoms with Crippen molar-refractivity contribution in [3.8, 4) is 5.75 Å². The summed E-state index contributed by atoms with van der Waals surface area (Å²) >= 11 is 1.39. The topological polar surface area (TPSA) is 215 Å². The van der Waals surface area contributed by atoms with Crippen LogP contribution in [-0.4, -0.2) is 122 Å². The minimum absolute atomic E-state index is 0.0918. The highest BCUT2D eigenvalue weighted by Crippen LogP contribution is 2.32. The molecule has 0 aliphatic carbocycles. The van der Waals surface area contributed by atoms with Gasteiger partial charge in [-0.05, 0) is 31.0 Å². The Bertz CT molecular complexity index is 1970. The number of amides is 2. The number of fused-ring (bicyclic) bond motifs is 1. The molecular weight excluding hydrogens is 745 g/mol. The van der Waals surface area contributed by atoms with E-state index in [0.717, 1.165) is 26.1 Å². The third-order valence-corrected chi connectivity index (χ3v) is 9.32. The molecule has 18 heteroatoms. The number of nitrogens with zero attached hydrogens (tertiary/aromatic N) is 5. The molecule has 56 heavy (non-hydrogen) atoms. The van der Waals surface area contributed by atoms with Crippen LogP contribution in [0.3, 0.4) is 0 Å². The average molecular weight is 795 g/mol. The molecule has 4 aromatic rings. The number of carbonyl (C=O) groups is 4. The van der Waals surface area contributed by atoms with E-state index < -0.39 is 11.8 Å². The van der Waals surface area contributed by atoms with Crippen molar-refractivity contribution >= 4 is 58.6 Å². The summed E-state index contributed by atoms with van der Waals surface area (Å²) in [5.41, 5.74) is 7.82. The number of nitrogens with one attached hydrogen (secondary N) is 2. The van der Waals surface area contributed by atoms with E-state index in [-0.39, 0.29) is 36.2 Å². The normalized spacial score (nSPS) is 12.9. The van der Waals surface area contributed by atoms with E-state index in [0.29, 0.717) is 89.5 Å². The third kappa shape index (κ3) is 12.4. The SMILES string of the molecule is CCc1nc(C)oc1C(=O)Nc1nc2cc(C(N)=O)cc(OCCCN3CCOCC3)c2n1C/C=C/CNc1ncc(C=O)cc1SCCC(=O)OC.COC. The molecule has 0 radical (unpaired) electrons. The molecule has 17 nitrogen and oxygen atoms in total. The molecule has 302 valence electrons. The van der Waals surface area contributed by atoms with Gasteiger partial charge in [-0.25, -0.2) is 15.0 Å². The number of morpholine rings is 1. The first kappa shape index (κ1) is 43.4. The van der Waals surface area contributed by atoms with E-state index >= 15 is 0 Å². The molecule has 1 aliphatic heterocycles. The monoisotopic (exact) mass is 794 g/mol. The molecule has 0 unspecified atom stereocenters. The van der Waals surface area contributed by atoms with E-state index in [9.17, 15) is 19.2 Å². The van der Waals surface area contributed by atoms with Crippen LogP contribution in [-0.2, 0) is 32.0 Å². The van der Waals surface area contributed by atoms with Gasteiger partial charge in [-0.15, -0.1) is 11.8 Å². The molecule has 4 N–H and O–H groups in total. The number of aldehydes is 1. The molecule has 1 saturated heterocycles. The Labute approximate surface area is 329 Å². The van der Waals surface area contributed by atoms with Crippen molar-refractivity contribution in [1.82, 2.24) is 24.4 Å². The lowest BCUT2D eigenvalue weighted by Crippen LogP contribution is -2.37. The predicted octanol–water partition coefficient (Wildman–Crippen LogP) is 4.14. The Kier molecular flexibility index (Phi) is 17.3. The Hall–Kier alpha value is -5.30. The van der Waals surface area contributed by atoms with Crippen LogP contribution in [0.1, 0.15) is 62.6 Å². The summed E-state index contributed by atoms with van der Waals surface area (Å²) in [6.45, 7) is 8.49. The molecule has 3 aromatic heterocycles. The Morgan fingerprint density at radius 3 is 2.55 bits per heavy atom. The van der Waals surface area contributed by atoms with Crippen molar-refractivity contribution in [3.05, 3.63) is 65.0 Å². The largest absolute Gasteiger partial charge is 0.491 e. The lowest BCUT2D eigenvalue weighted by atomic mass is 10.1. The van der Waals surface area contributed by atoms with Crippen molar-refractivity contribution < 1.29 is 42.5 Å². The van der Waals surface area contributed by atoms with Crippen LogP contribution in [0.5, 0.6) is 5.75 Å². The van der Waals surface area contributed by atoms with Gasteiger partial charge in [0, 0.05) is 76.9 Å². The zero-order chi connectivity index (χ0) is 40.5. The minimum atomic E-state index is -0.640. The van der Waals surface area contributed by atoms with Crippen molar-refractivity contribution in [1.29, 1.82) is 0 Å². The number of thioether (sulfide) groups is 1. The quantitative estimate of drug-likeness (QED) is 0.0400. The van der Waals surface area contributed by atoms with Gasteiger partial charge >= 0.3 is 5.97 Å². The number of ether oxygens (including phenoxy) is 4. The van der Waals surface area contributed by atoms with Crippen molar-refractivity contribution in [2.75, 3.05) is 83.7 Å². The van der Waals surface area contributed by atoms with Gasteiger partial charge in [-0.2, -0.15) is 0 Å². The fourth-order valence-electron chi connectivity index (χ4n) is 5.63. The molecule has 0 bridgehead atoms. The lowest BCUT2D eigenvalue weighted by Gasteiger charge is -2.26. The summed E-state index contributed by atoms with van der Waals surface area (Å²) in [5.74, 6) is 0.580. The number of imidazole rings is 1. The number of aromatic nitrogens is 4. The second kappa shape index (κ2) is 22.3. The van der Waals surface area contributed by atoms with Gasteiger partial charge in [-0.3, -0.25) is 29.4 Å². The van der Waals surface area contributed by atoms with Crippen LogP contribution >= 0.6 is 11.8 Å². The van der Waals surface area contributed by atoms with Crippen LogP contribution in [0.15, 0.2) is 45.9 Å². The number of hydrogen-bond donors (Lipinski definition) is 3. The predicted molar refractivity (Wildman–Crippen MR) is 212 cm³/mol. The number of benzene rings is 1. The van der Waals surface area contributed by atoms with Gasteiger partial charge in [0.1, 0.15) is 17.1 Å². The highest BCUT2D eigenvalue weighted by Gasteiger charge is 2.23. The number of hydrogen-bond acceptors (Lipinski definition) is 15. The molecule has 5 rings (SSSR count). The fourth-order valence-corrected chi connectivity index (χ4v) is 6.60. The van der Waals surface area contributed by atoms with Gasteiger partial charge in [0.25, 0.3) is 5.91 Å². The molecule has 0 spiro atoms. The van der Waals surface area contributed by atoms with Gasteiger partial charge in [0.15, 0.2) is 12.2 Å². The maximum absolute atomic E-state index is 13.5. The standard InChI is InChI=1S/C36H44N8O8S.C2H6O/c1-4-26-32(52-23(2)40-26)35(48)42-36-41-27-19-25(33(37)47)20-28(51-14-7-10-43-12-15-50-16-13-43)31(27)44(36)11-6-5-9-38-34-29(18-24(22-45)21-39-34)53-17-8-30(46)49-3;1-3-2/h5-6,18-22H,4,7-17H2,1-3H3,(H2,37,47)(H,38,39)(H,41,42,48);1-2H3/b6-5+;. The summed E-state index contributed by atoms with van der Waals surface area (Å²) in [7, 11) is 4.59. The van der Waals surface area contributed by atoms with Crippen LogP contribution in [0.4, 0.5) is 11.8 Å².